The van der Waals surface area contributed by atoms with Crippen molar-refractivity contribution in [2.45, 2.75) is 31.9 Å². The molecule has 8 heteroatoms. The summed E-state index contributed by atoms with van der Waals surface area (Å²) in [6, 6.07) is 10.2. The SMILES string of the molecule is COc1cc(C)c2[nH]ccc2c1C(OC)(N1Cc2ccc(C#N)cc2C1)C(F)(F)F. The monoisotopic (exact) mass is 415 g/mol. The van der Waals surface area contributed by atoms with E-state index in [1.807, 2.05) is 13.0 Å². The molecule has 1 unspecified atom stereocenters. The molecule has 0 radical (unpaired) electrons. The standard InChI is InChI=1S/C22H20F3N3O2/c1-13-8-18(29-2)19(17-6-7-27-20(13)17)21(30-3,22(23,24)25)28-11-15-5-4-14(10-26)9-16(15)12-28/h4-9,27H,11-12H2,1-3H3. The van der Waals surface area contributed by atoms with Gasteiger partial charge in [-0.15, -0.1) is 0 Å². The Kier molecular flexibility index (Phi) is 4.76. The van der Waals surface area contributed by atoms with E-state index in [9.17, 15) is 13.2 Å². The van der Waals surface area contributed by atoms with Crippen molar-refractivity contribution in [3.8, 4) is 11.8 Å². The van der Waals surface area contributed by atoms with Gasteiger partial charge < -0.3 is 14.5 Å². The molecule has 1 N–H and O–H groups in total. The van der Waals surface area contributed by atoms with Gasteiger partial charge in [0.2, 0.25) is 5.72 Å². The van der Waals surface area contributed by atoms with Crippen molar-refractivity contribution in [3.05, 3.63) is 64.3 Å². The molecule has 30 heavy (non-hydrogen) atoms. The predicted octanol–water partition coefficient (Wildman–Crippen LogP) is 4.73. The van der Waals surface area contributed by atoms with Gasteiger partial charge in [0.05, 0.1) is 24.3 Å². The van der Waals surface area contributed by atoms with Gasteiger partial charge in [0.1, 0.15) is 5.75 Å². The van der Waals surface area contributed by atoms with Crippen LogP contribution in [0.15, 0.2) is 36.5 Å². The number of H-pyrrole nitrogens is 1. The maximum Gasteiger partial charge on any atom is 0.436 e. The fourth-order valence-corrected chi connectivity index (χ4v) is 4.40. The van der Waals surface area contributed by atoms with Gasteiger partial charge in [-0.05, 0) is 47.9 Å². The minimum Gasteiger partial charge on any atom is -0.496 e. The van der Waals surface area contributed by atoms with Crippen LogP contribution in [-0.2, 0) is 23.6 Å². The van der Waals surface area contributed by atoms with E-state index in [0.717, 1.165) is 18.2 Å². The van der Waals surface area contributed by atoms with Crippen LogP contribution >= 0.6 is 0 Å². The molecule has 0 fully saturated rings. The molecule has 0 saturated carbocycles. The maximum atomic E-state index is 14.8. The first kappa shape index (κ1) is 20.3. The topological polar surface area (TPSA) is 61.3 Å². The summed E-state index contributed by atoms with van der Waals surface area (Å²) in [5.74, 6) is 0.104. The van der Waals surface area contributed by atoms with E-state index >= 15 is 0 Å². The Morgan fingerprint density at radius 1 is 1.10 bits per heavy atom. The third kappa shape index (κ3) is 2.77. The Morgan fingerprint density at radius 3 is 2.47 bits per heavy atom. The lowest BCUT2D eigenvalue weighted by molar-refractivity contribution is -0.336. The van der Waals surface area contributed by atoms with Crippen LogP contribution in [0.5, 0.6) is 5.75 Å². The van der Waals surface area contributed by atoms with Crippen LogP contribution in [0.2, 0.25) is 0 Å². The molecule has 1 atom stereocenters. The third-order valence-electron chi connectivity index (χ3n) is 5.75. The molecule has 0 spiro atoms. The minimum atomic E-state index is -4.77. The summed E-state index contributed by atoms with van der Waals surface area (Å²) < 4.78 is 55.3. The van der Waals surface area contributed by atoms with Crippen LogP contribution in [0.3, 0.4) is 0 Å². The second-order valence-electron chi connectivity index (χ2n) is 7.33. The molecule has 156 valence electrons. The molecule has 0 saturated heterocycles. The number of ether oxygens (including phenoxy) is 2. The van der Waals surface area contributed by atoms with Crippen LogP contribution in [0, 0.1) is 18.3 Å². The molecule has 2 heterocycles. The molecular formula is C22H20F3N3O2. The Hall–Kier alpha value is -3.02. The smallest absolute Gasteiger partial charge is 0.436 e. The first-order chi connectivity index (χ1) is 14.3. The van der Waals surface area contributed by atoms with Crippen LogP contribution in [0.1, 0.15) is 27.8 Å². The van der Waals surface area contributed by atoms with Gasteiger partial charge in [-0.2, -0.15) is 18.4 Å². The van der Waals surface area contributed by atoms with E-state index in [1.54, 1.807) is 36.5 Å². The van der Waals surface area contributed by atoms with Crippen molar-refractivity contribution in [2.24, 2.45) is 0 Å². The fourth-order valence-electron chi connectivity index (χ4n) is 4.40. The Bertz CT molecular complexity index is 1160. The molecule has 0 amide bonds. The van der Waals surface area contributed by atoms with Crippen LogP contribution in [0.25, 0.3) is 10.9 Å². The number of nitrogens with one attached hydrogen (secondary N) is 1. The molecule has 1 aliphatic heterocycles. The molecule has 5 nitrogen and oxygen atoms in total. The van der Waals surface area contributed by atoms with Gasteiger partial charge in [0, 0.05) is 37.3 Å². The first-order valence-electron chi connectivity index (χ1n) is 9.30. The highest BCUT2D eigenvalue weighted by Crippen LogP contribution is 2.52. The molecular weight excluding hydrogens is 395 g/mol. The van der Waals surface area contributed by atoms with Gasteiger partial charge in [0.15, 0.2) is 0 Å². The number of aromatic amines is 1. The molecule has 1 aromatic heterocycles. The molecule has 0 aliphatic carbocycles. The van der Waals surface area contributed by atoms with Gasteiger partial charge >= 0.3 is 6.18 Å². The van der Waals surface area contributed by atoms with E-state index in [2.05, 4.69) is 4.98 Å². The first-order valence-corrected chi connectivity index (χ1v) is 9.30. The van der Waals surface area contributed by atoms with E-state index in [-0.39, 0.29) is 24.4 Å². The maximum absolute atomic E-state index is 14.8. The fraction of sp³-hybridized carbons (Fsp3) is 0.318. The summed E-state index contributed by atoms with van der Waals surface area (Å²) in [4.78, 5) is 4.27. The lowest BCUT2D eigenvalue weighted by Gasteiger charge is -2.42. The highest BCUT2D eigenvalue weighted by molar-refractivity contribution is 5.89. The summed E-state index contributed by atoms with van der Waals surface area (Å²) in [6.07, 6.45) is -3.16. The highest BCUT2D eigenvalue weighted by atomic mass is 19.4. The molecule has 3 aromatic rings. The predicted molar refractivity (Wildman–Crippen MR) is 105 cm³/mol. The van der Waals surface area contributed by atoms with Crippen molar-refractivity contribution in [1.82, 2.24) is 9.88 Å². The van der Waals surface area contributed by atoms with Crippen LogP contribution in [0.4, 0.5) is 13.2 Å². The van der Waals surface area contributed by atoms with E-state index in [0.29, 0.717) is 22.0 Å². The minimum absolute atomic E-state index is 0.0127. The number of nitrogens with zero attached hydrogens (tertiary/aromatic N) is 2. The van der Waals surface area contributed by atoms with Crippen molar-refractivity contribution in [1.29, 1.82) is 5.26 Å². The normalized spacial score (nSPS) is 16.3. The highest BCUT2D eigenvalue weighted by Gasteiger charge is 2.63. The van der Waals surface area contributed by atoms with E-state index < -0.39 is 11.9 Å². The second-order valence-corrected chi connectivity index (χ2v) is 7.33. The van der Waals surface area contributed by atoms with Gasteiger partial charge in [-0.25, -0.2) is 0 Å². The molecule has 0 bridgehead atoms. The number of alkyl halides is 3. The van der Waals surface area contributed by atoms with Gasteiger partial charge in [-0.1, -0.05) is 6.07 Å². The summed E-state index contributed by atoms with van der Waals surface area (Å²) >= 11 is 0. The van der Waals surface area contributed by atoms with Crippen molar-refractivity contribution >= 4 is 10.9 Å². The van der Waals surface area contributed by atoms with Gasteiger partial charge in [0.25, 0.3) is 0 Å². The van der Waals surface area contributed by atoms with Gasteiger partial charge in [-0.3, -0.25) is 4.90 Å². The third-order valence-corrected chi connectivity index (χ3v) is 5.75. The number of hydrogen-bond acceptors (Lipinski definition) is 4. The quantitative estimate of drug-likeness (QED) is 0.669. The summed E-state index contributed by atoms with van der Waals surface area (Å²) in [5.41, 5.74) is 0.359. The number of hydrogen-bond donors (Lipinski definition) is 1. The van der Waals surface area contributed by atoms with Crippen molar-refractivity contribution < 1.29 is 22.6 Å². The van der Waals surface area contributed by atoms with Crippen molar-refractivity contribution in [2.75, 3.05) is 14.2 Å². The number of nitriles is 1. The Balaban J connectivity index is 1.97. The lowest BCUT2D eigenvalue weighted by atomic mass is 9.93. The zero-order valence-electron chi connectivity index (χ0n) is 16.7. The zero-order valence-corrected chi connectivity index (χ0v) is 16.7. The zero-order chi connectivity index (χ0) is 21.7. The van der Waals surface area contributed by atoms with Crippen LogP contribution in [-0.4, -0.2) is 30.3 Å². The number of rotatable bonds is 4. The summed E-state index contributed by atoms with van der Waals surface area (Å²) in [6.45, 7) is 1.82. The number of aryl methyl sites for hydroxylation is 1. The molecule has 2 aromatic carbocycles. The lowest BCUT2D eigenvalue weighted by Crippen LogP contribution is -2.55. The molecule has 1 aliphatic rings. The average molecular weight is 415 g/mol. The van der Waals surface area contributed by atoms with E-state index in [1.165, 1.54) is 12.0 Å². The number of halogens is 3. The van der Waals surface area contributed by atoms with E-state index in [4.69, 9.17) is 14.7 Å². The molecule has 4 rings (SSSR count). The second kappa shape index (κ2) is 7.04. The number of aromatic nitrogens is 1. The Morgan fingerprint density at radius 2 is 1.83 bits per heavy atom. The number of methoxy groups -OCH3 is 2. The average Bonchev–Trinajstić information content (AvgIpc) is 3.35. The number of benzene rings is 2. The van der Waals surface area contributed by atoms with Crippen molar-refractivity contribution in [3.63, 3.8) is 0 Å². The van der Waals surface area contributed by atoms with Crippen LogP contribution < -0.4 is 4.74 Å². The Labute approximate surface area is 171 Å². The summed E-state index contributed by atoms with van der Waals surface area (Å²) in [5, 5.41) is 9.54. The summed E-state index contributed by atoms with van der Waals surface area (Å²) in [7, 11) is 2.42. The largest absolute Gasteiger partial charge is 0.496 e. The number of fused-ring (bicyclic) bond motifs is 2.